The summed E-state index contributed by atoms with van der Waals surface area (Å²) in [6.45, 7) is 0. The number of benzene rings is 1. The van der Waals surface area contributed by atoms with E-state index in [4.69, 9.17) is 22.9 Å². The molecule has 7 heteroatoms. The Balaban J connectivity index is 1.78. The van der Waals surface area contributed by atoms with Crippen LogP contribution in [0.3, 0.4) is 0 Å². The maximum atomic E-state index is 10.5. The zero-order chi connectivity index (χ0) is 15.5. The van der Waals surface area contributed by atoms with Gasteiger partial charge in [0.25, 0.3) is 0 Å². The van der Waals surface area contributed by atoms with Crippen molar-refractivity contribution in [1.82, 2.24) is 10.3 Å². The molecule has 1 saturated carbocycles. The molecule has 1 atom stereocenters. The summed E-state index contributed by atoms with van der Waals surface area (Å²) in [6.07, 6.45) is 3.17. The molecular weight excluding hydrogens is 316 g/mol. The molecule has 22 heavy (non-hydrogen) atoms. The highest BCUT2D eigenvalue weighted by Crippen LogP contribution is 2.42. The molecule has 1 aliphatic rings. The highest BCUT2D eigenvalue weighted by Gasteiger charge is 2.28. The summed E-state index contributed by atoms with van der Waals surface area (Å²) in [5.74, 6) is 0.641. The predicted octanol–water partition coefficient (Wildman–Crippen LogP) is 3.54. The van der Waals surface area contributed by atoms with E-state index in [1.807, 2.05) is 12.1 Å². The maximum absolute atomic E-state index is 10.5. The number of nitrogens with zero attached hydrogens (tertiary/aromatic N) is 2. The number of hydrogen-bond acceptors (Lipinski definition) is 5. The monoisotopic (exact) mass is 332 g/mol. The van der Waals surface area contributed by atoms with Crippen LogP contribution in [0.4, 0.5) is 5.69 Å². The van der Waals surface area contributed by atoms with Crippen molar-refractivity contribution in [3.05, 3.63) is 50.8 Å². The first-order chi connectivity index (χ1) is 10.7. The molecule has 1 heterocycles. The van der Waals surface area contributed by atoms with Gasteiger partial charge in [-0.2, -0.15) is 0 Å². The molecule has 0 spiro atoms. The molecule has 1 aromatic heterocycles. The molecule has 0 radical (unpaired) electrons. The van der Waals surface area contributed by atoms with Gasteiger partial charge in [-0.15, -0.1) is 16.2 Å². The largest absolute Gasteiger partial charge is 0.376 e. The zero-order valence-corrected chi connectivity index (χ0v) is 13.5. The number of thiazole rings is 1. The van der Waals surface area contributed by atoms with E-state index in [2.05, 4.69) is 15.9 Å². The molecule has 0 amide bonds. The van der Waals surface area contributed by atoms with Crippen LogP contribution in [-0.4, -0.2) is 10.1 Å². The first-order valence-electron chi connectivity index (χ1n) is 7.09. The van der Waals surface area contributed by atoms with Crippen LogP contribution in [0.2, 0.25) is 0 Å². The number of thiocarbonyl (C=S) groups is 1. The maximum Gasteiger partial charge on any atom is 0.164 e. The normalized spacial score (nSPS) is 15.3. The average molecular weight is 332 g/mol. The lowest BCUT2D eigenvalue weighted by Crippen LogP contribution is -2.34. The van der Waals surface area contributed by atoms with E-state index in [1.54, 1.807) is 23.5 Å². The van der Waals surface area contributed by atoms with Crippen LogP contribution >= 0.6 is 23.6 Å². The minimum absolute atomic E-state index is 0.0590. The van der Waals surface area contributed by atoms with E-state index >= 15 is 0 Å². The average Bonchev–Trinajstić information content (AvgIpc) is 3.24. The van der Waals surface area contributed by atoms with E-state index in [0.717, 1.165) is 11.3 Å². The molecule has 2 aromatic rings. The van der Waals surface area contributed by atoms with Crippen molar-refractivity contribution in [3.63, 3.8) is 0 Å². The van der Waals surface area contributed by atoms with Crippen molar-refractivity contribution in [2.45, 2.75) is 31.2 Å². The topological polar surface area (TPSA) is 80.4 Å². The van der Waals surface area contributed by atoms with Crippen molar-refractivity contribution in [1.29, 1.82) is 0 Å². The molecule has 114 valence electrons. The fourth-order valence-corrected chi connectivity index (χ4v) is 3.50. The first-order valence-corrected chi connectivity index (χ1v) is 8.38. The highest BCUT2D eigenvalue weighted by molar-refractivity contribution is 7.80. The van der Waals surface area contributed by atoms with E-state index < -0.39 is 0 Å². The van der Waals surface area contributed by atoms with Gasteiger partial charge < -0.3 is 11.1 Å². The van der Waals surface area contributed by atoms with Crippen LogP contribution in [0.15, 0.2) is 34.8 Å². The fourth-order valence-electron chi connectivity index (χ4n) is 2.31. The zero-order valence-electron chi connectivity index (χ0n) is 11.9. The van der Waals surface area contributed by atoms with Gasteiger partial charge in [0.05, 0.1) is 16.7 Å². The first kappa shape index (κ1) is 15.1. The van der Waals surface area contributed by atoms with E-state index in [1.165, 1.54) is 17.8 Å². The summed E-state index contributed by atoms with van der Waals surface area (Å²) in [6, 6.07) is 7.13. The molecule has 3 rings (SSSR count). The summed E-state index contributed by atoms with van der Waals surface area (Å²) < 4.78 is 0. The predicted molar refractivity (Wildman–Crippen MR) is 92.4 cm³/mol. The lowest BCUT2D eigenvalue weighted by molar-refractivity contribution is 0.627. The van der Waals surface area contributed by atoms with Crippen molar-refractivity contribution >= 4 is 34.4 Å². The van der Waals surface area contributed by atoms with Gasteiger partial charge in [0.1, 0.15) is 5.69 Å². The smallest absolute Gasteiger partial charge is 0.164 e. The van der Waals surface area contributed by atoms with Crippen LogP contribution in [0, 0.1) is 4.91 Å². The van der Waals surface area contributed by atoms with Crippen LogP contribution in [0.25, 0.3) is 0 Å². The summed E-state index contributed by atoms with van der Waals surface area (Å²) in [7, 11) is 0. The van der Waals surface area contributed by atoms with Gasteiger partial charge in [-0.05, 0) is 54.4 Å². The van der Waals surface area contributed by atoms with Crippen LogP contribution in [0.1, 0.15) is 41.1 Å². The lowest BCUT2D eigenvalue weighted by atomic mass is 10.0. The quantitative estimate of drug-likeness (QED) is 0.625. The van der Waals surface area contributed by atoms with Gasteiger partial charge in [0, 0.05) is 11.3 Å². The van der Waals surface area contributed by atoms with Gasteiger partial charge in [-0.25, -0.2) is 4.98 Å². The molecule has 1 aliphatic carbocycles. The van der Waals surface area contributed by atoms with Crippen LogP contribution < -0.4 is 11.1 Å². The Morgan fingerprint density at radius 3 is 2.77 bits per heavy atom. The molecule has 0 bridgehead atoms. The summed E-state index contributed by atoms with van der Waals surface area (Å²) in [5.41, 5.74) is 8.11. The van der Waals surface area contributed by atoms with Crippen LogP contribution in [-0.2, 0) is 6.42 Å². The Bertz CT molecular complexity index is 679. The number of aromatic nitrogens is 1. The van der Waals surface area contributed by atoms with Gasteiger partial charge in [0.15, 0.2) is 5.11 Å². The van der Waals surface area contributed by atoms with Crippen LogP contribution in [0.5, 0.6) is 0 Å². The Kier molecular flexibility index (Phi) is 4.44. The summed E-state index contributed by atoms with van der Waals surface area (Å²) in [5, 5.41) is 9.56. The second-order valence-electron chi connectivity index (χ2n) is 5.41. The standard InChI is InChI=1S/C15H16N4OS2/c16-15(21)18-12(7-9-1-5-11(19-20)6-2-9)13-8-22-14(17-13)10-3-4-10/h1-2,5-6,8,10,12H,3-4,7H2,(H3,16,18,21)/t12-/m0/s1. The molecule has 3 N–H and O–H groups in total. The molecule has 5 nitrogen and oxygen atoms in total. The third-order valence-corrected chi connectivity index (χ3v) is 4.76. The molecule has 0 aliphatic heterocycles. The molecular formula is C15H16N4OS2. The Morgan fingerprint density at radius 2 is 2.18 bits per heavy atom. The van der Waals surface area contributed by atoms with Crippen molar-refractivity contribution in [2.24, 2.45) is 10.9 Å². The minimum Gasteiger partial charge on any atom is -0.376 e. The lowest BCUT2D eigenvalue weighted by Gasteiger charge is -2.17. The summed E-state index contributed by atoms with van der Waals surface area (Å²) in [4.78, 5) is 15.2. The number of nitroso groups, excluding NO2 is 1. The number of nitrogens with two attached hydrogens (primary N) is 1. The molecule has 0 saturated heterocycles. The number of nitrogens with one attached hydrogen (secondary N) is 1. The minimum atomic E-state index is -0.0590. The Labute approximate surface area is 137 Å². The Morgan fingerprint density at radius 1 is 1.45 bits per heavy atom. The summed E-state index contributed by atoms with van der Waals surface area (Å²) >= 11 is 6.68. The SMILES string of the molecule is NC(=S)N[C@@H](Cc1ccc(N=O)cc1)c1csc(C2CC2)n1. The van der Waals surface area contributed by atoms with Gasteiger partial charge in [-0.3, -0.25) is 0 Å². The number of hydrogen-bond donors (Lipinski definition) is 2. The van der Waals surface area contributed by atoms with Crippen molar-refractivity contribution < 1.29 is 0 Å². The third kappa shape index (κ3) is 3.66. The third-order valence-electron chi connectivity index (χ3n) is 3.62. The van der Waals surface area contributed by atoms with Gasteiger partial charge in [0.2, 0.25) is 0 Å². The fraction of sp³-hybridized carbons (Fsp3) is 0.333. The highest BCUT2D eigenvalue weighted by atomic mass is 32.1. The second-order valence-corrected chi connectivity index (χ2v) is 6.74. The molecule has 0 unspecified atom stereocenters. The van der Waals surface area contributed by atoms with E-state index in [9.17, 15) is 4.91 Å². The van der Waals surface area contributed by atoms with E-state index in [0.29, 0.717) is 18.0 Å². The van der Waals surface area contributed by atoms with Crippen molar-refractivity contribution in [3.8, 4) is 0 Å². The number of rotatable bonds is 6. The van der Waals surface area contributed by atoms with E-state index in [-0.39, 0.29) is 11.2 Å². The molecule has 1 aromatic carbocycles. The molecule has 1 fully saturated rings. The van der Waals surface area contributed by atoms with Gasteiger partial charge >= 0.3 is 0 Å². The van der Waals surface area contributed by atoms with Crippen molar-refractivity contribution in [2.75, 3.05) is 0 Å². The Hall–Kier alpha value is -1.86. The van der Waals surface area contributed by atoms with Gasteiger partial charge in [-0.1, -0.05) is 12.1 Å². The second kappa shape index (κ2) is 6.50.